The maximum absolute atomic E-state index is 12.2. The molecule has 3 heterocycles. The van der Waals surface area contributed by atoms with Crippen LogP contribution in [0.2, 0.25) is 0 Å². The van der Waals surface area contributed by atoms with E-state index in [2.05, 4.69) is 30.4 Å². The molecule has 0 aromatic carbocycles. The van der Waals surface area contributed by atoms with Gasteiger partial charge in [0, 0.05) is 29.6 Å². The molecule has 0 atom stereocenters. The summed E-state index contributed by atoms with van der Waals surface area (Å²) in [6.45, 7) is 3.68. The van der Waals surface area contributed by atoms with Crippen molar-refractivity contribution in [1.29, 1.82) is 0 Å². The Morgan fingerprint density at radius 3 is 2.92 bits per heavy atom. The van der Waals surface area contributed by atoms with E-state index in [0.29, 0.717) is 22.9 Å². The standard InChI is InChI=1S/C16H17N7O2/c1-10-13(16(25)22-11(2)21-10)6-14(24)19-7-12-4-3-5-18-15(12)23-9-17-8-20-23/h3-5,8-9H,6-7H2,1-2H3,(H,19,24)(H,21,22,25). The number of aromatic amines is 1. The number of nitrogens with zero attached hydrogens (tertiary/aromatic N) is 5. The zero-order chi connectivity index (χ0) is 17.8. The van der Waals surface area contributed by atoms with Gasteiger partial charge >= 0.3 is 0 Å². The lowest BCUT2D eigenvalue weighted by Crippen LogP contribution is -2.29. The smallest absolute Gasteiger partial charge is 0.254 e. The van der Waals surface area contributed by atoms with E-state index in [0.717, 1.165) is 5.56 Å². The number of H-pyrrole nitrogens is 1. The fourth-order valence-corrected chi connectivity index (χ4v) is 2.47. The van der Waals surface area contributed by atoms with Gasteiger partial charge in [-0.25, -0.2) is 19.6 Å². The lowest BCUT2D eigenvalue weighted by Gasteiger charge is -2.10. The summed E-state index contributed by atoms with van der Waals surface area (Å²) in [5.74, 6) is 0.846. The molecule has 0 saturated heterocycles. The first-order valence-electron chi connectivity index (χ1n) is 7.66. The van der Waals surface area contributed by atoms with Crippen LogP contribution in [0.1, 0.15) is 22.6 Å². The summed E-state index contributed by atoms with van der Waals surface area (Å²) in [5.41, 5.74) is 1.42. The largest absolute Gasteiger partial charge is 0.352 e. The maximum Gasteiger partial charge on any atom is 0.254 e. The number of hydrogen-bond donors (Lipinski definition) is 2. The predicted octanol–water partition coefficient (Wildman–Crippen LogP) is 0.221. The first kappa shape index (κ1) is 16.5. The van der Waals surface area contributed by atoms with Crippen molar-refractivity contribution >= 4 is 5.91 Å². The molecule has 9 heteroatoms. The average Bonchev–Trinajstić information content (AvgIpc) is 3.11. The van der Waals surface area contributed by atoms with E-state index in [1.54, 1.807) is 26.1 Å². The van der Waals surface area contributed by atoms with Crippen molar-refractivity contribution < 1.29 is 4.79 Å². The van der Waals surface area contributed by atoms with E-state index in [1.165, 1.54) is 17.3 Å². The Balaban J connectivity index is 1.71. The molecule has 1 amide bonds. The Morgan fingerprint density at radius 1 is 1.36 bits per heavy atom. The van der Waals surface area contributed by atoms with E-state index in [1.807, 2.05) is 6.07 Å². The Bertz CT molecular complexity index is 947. The van der Waals surface area contributed by atoms with Gasteiger partial charge in [-0.3, -0.25) is 9.59 Å². The number of nitrogens with one attached hydrogen (secondary N) is 2. The molecule has 3 aromatic heterocycles. The topological polar surface area (TPSA) is 118 Å². The molecule has 0 bridgehead atoms. The van der Waals surface area contributed by atoms with E-state index in [9.17, 15) is 9.59 Å². The molecule has 128 valence electrons. The lowest BCUT2D eigenvalue weighted by molar-refractivity contribution is -0.120. The van der Waals surface area contributed by atoms with Crippen LogP contribution in [0.15, 0.2) is 35.8 Å². The molecule has 0 aliphatic heterocycles. The number of pyridine rings is 1. The minimum Gasteiger partial charge on any atom is -0.352 e. The molecular formula is C16H17N7O2. The summed E-state index contributed by atoms with van der Waals surface area (Å²) in [4.78, 5) is 39.2. The molecule has 0 unspecified atom stereocenters. The zero-order valence-corrected chi connectivity index (χ0v) is 13.9. The number of aryl methyl sites for hydroxylation is 2. The van der Waals surface area contributed by atoms with Crippen molar-refractivity contribution in [3.05, 3.63) is 64.0 Å². The van der Waals surface area contributed by atoms with Crippen molar-refractivity contribution in [2.45, 2.75) is 26.8 Å². The van der Waals surface area contributed by atoms with Gasteiger partial charge in [-0.2, -0.15) is 5.10 Å². The van der Waals surface area contributed by atoms with Gasteiger partial charge in [0.25, 0.3) is 5.56 Å². The summed E-state index contributed by atoms with van der Waals surface area (Å²) in [7, 11) is 0. The Kier molecular flexibility index (Phi) is 4.64. The van der Waals surface area contributed by atoms with E-state index >= 15 is 0 Å². The second-order valence-electron chi connectivity index (χ2n) is 5.49. The number of rotatable bonds is 5. The zero-order valence-electron chi connectivity index (χ0n) is 13.9. The normalized spacial score (nSPS) is 10.6. The first-order chi connectivity index (χ1) is 12.0. The minimum atomic E-state index is -0.287. The summed E-state index contributed by atoms with van der Waals surface area (Å²) in [6.07, 6.45) is 4.56. The Hall–Kier alpha value is -3.36. The molecule has 0 spiro atoms. The van der Waals surface area contributed by atoms with Crippen molar-refractivity contribution in [1.82, 2.24) is 35.0 Å². The van der Waals surface area contributed by atoms with Crippen LogP contribution in [0.5, 0.6) is 0 Å². The minimum absolute atomic E-state index is 0.0344. The molecule has 0 fully saturated rings. The summed E-state index contributed by atoms with van der Waals surface area (Å²) >= 11 is 0. The third-order valence-electron chi connectivity index (χ3n) is 3.66. The van der Waals surface area contributed by atoms with Crippen LogP contribution in [-0.4, -0.2) is 35.6 Å². The third kappa shape index (κ3) is 3.77. The van der Waals surface area contributed by atoms with E-state index in [4.69, 9.17) is 0 Å². The van der Waals surface area contributed by atoms with Crippen molar-refractivity contribution in [2.24, 2.45) is 0 Å². The molecule has 2 N–H and O–H groups in total. The van der Waals surface area contributed by atoms with Crippen LogP contribution in [0, 0.1) is 13.8 Å². The lowest BCUT2D eigenvalue weighted by atomic mass is 10.1. The maximum atomic E-state index is 12.2. The predicted molar refractivity (Wildman–Crippen MR) is 89.0 cm³/mol. The Morgan fingerprint density at radius 2 is 2.20 bits per heavy atom. The molecule has 25 heavy (non-hydrogen) atoms. The number of carbonyl (C=O) groups excluding carboxylic acids is 1. The summed E-state index contributed by atoms with van der Waals surface area (Å²) in [5, 5.41) is 6.85. The molecule has 0 radical (unpaired) electrons. The fourth-order valence-electron chi connectivity index (χ4n) is 2.47. The average molecular weight is 339 g/mol. The van der Waals surface area contributed by atoms with Gasteiger partial charge in [0.1, 0.15) is 18.5 Å². The van der Waals surface area contributed by atoms with Crippen molar-refractivity contribution in [3.63, 3.8) is 0 Å². The highest BCUT2D eigenvalue weighted by Crippen LogP contribution is 2.09. The van der Waals surface area contributed by atoms with Crippen LogP contribution in [0.25, 0.3) is 5.82 Å². The molecule has 3 rings (SSSR count). The van der Waals surface area contributed by atoms with Gasteiger partial charge in [-0.15, -0.1) is 0 Å². The highest BCUT2D eigenvalue weighted by atomic mass is 16.2. The second kappa shape index (κ2) is 7.04. The van der Waals surface area contributed by atoms with Crippen LogP contribution >= 0.6 is 0 Å². The van der Waals surface area contributed by atoms with Crippen molar-refractivity contribution in [3.8, 4) is 5.82 Å². The Labute approximate surface area is 143 Å². The van der Waals surface area contributed by atoms with Gasteiger partial charge in [-0.05, 0) is 19.9 Å². The third-order valence-corrected chi connectivity index (χ3v) is 3.66. The van der Waals surface area contributed by atoms with Gasteiger partial charge in [0.05, 0.1) is 6.42 Å². The fraction of sp³-hybridized carbons (Fsp3) is 0.250. The van der Waals surface area contributed by atoms with Crippen LogP contribution in [-0.2, 0) is 17.8 Å². The van der Waals surface area contributed by atoms with E-state index < -0.39 is 0 Å². The van der Waals surface area contributed by atoms with Gasteiger partial charge in [-0.1, -0.05) is 6.07 Å². The van der Waals surface area contributed by atoms with Crippen molar-refractivity contribution in [2.75, 3.05) is 0 Å². The first-order valence-corrected chi connectivity index (χ1v) is 7.66. The number of carbonyl (C=O) groups is 1. The molecule has 0 aliphatic rings. The highest BCUT2D eigenvalue weighted by molar-refractivity contribution is 5.78. The molecule has 0 aliphatic carbocycles. The number of hydrogen-bond acceptors (Lipinski definition) is 6. The van der Waals surface area contributed by atoms with Gasteiger partial charge < -0.3 is 10.3 Å². The summed E-state index contributed by atoms with van der Waals surface area (Å²) in [6, 6.07) is 3.62. The van der Waals surface area contributed by atoms with Gasteiger partial charge in [0.2, 0.25) is 5.91 Å². The monoisotopic (exact) mass is 339 g/mol. The molecule has 3 aromatic rings. The second-order valence-corrected chi connectivity index (χ2v) is 5.49. The van der Waals surface area contributed by atoms with Crippen LogP contribution in [0.4, 0.5) is 0 Å². The molecule has 9 nitrogen and oxygen atoms in total. The number of amides is 1. The molecular weight excluding hydrogens is 322 g/mol. The SMILES string of the molecule is Cc1nc(C)c(CC(=O)NCc2cccnc2-n2cncn2)c(=O)[nH]1. The quantitative estimate of drug-likeness (QED) is 0.686. The number of aromatic nitrogens is 6. The highest BCUT2D eigenvalue weighted by Gasteiger charge is 2.13. The van der Waals surface area contributed by atoms with Crippen LogP contribution in [0.3, 0.4) is 0 Å². The van der Waals surface area contributed by atoms with E-state index in [-0.39, 0.29) is 24.4 Å². The summed E-state index contributed by atoms with van der Waals surface area (Å²) < 4.78 is 1.53. The van der Waals surface area contributed by atoms with Crippen LogP contribution < -0.4 is 10.9 Å². The van der Waals surface area contributed by atoms with Gasteiger partial charge in [0.15, 0.2) is 5.82 Å². The molecule has 0 saturated carbocycles.